The summed E-state index contributed by atoms with van der Waals surface area (Å²) < 4.78 is 0. The van der Waals surface area contributed by atoms with Crippen LogP contribution in [0.15, 0.2) is 4.99 Å². The standard InChI is InChI=1S/C9H18N2/c1-9(2)5-4-6-11(7-9)8-10-3/h8H,4-7H2,1-3H3. The van der Waals surface area contributed by atoms with Gasteiger partial charge in [-0.15, -0.1) is 0 Å². The number of hydrogen-bond acceptors (Lipinski definition) is 1. The third-order valence-electron chi connectivity index (χ3n) is 2.21. The van der Waals surface area contributed by atoms with E-state index in [-0.39, 0.29) is 0 Å². The summed E-state index contributed by atoms with van der Waals surface area (Å²) in [6, 6.07) is 0. The molecule has 0 atom stereocenters. The molecule has 0 bridgehead atoms. The molecular weight excluding hydrogens is 136 g/mol. The van der Waals surface area contributed by atoms with E-state index < -0.39 is 0 Å². The first-order valence-electron chi connectivity index (χ1n) is 4.30. The fourth-order valence-corrected chi connectivity index (χ4v) is 1.73. The Balaban J connectivity index is 2.46. The number of rotatable bonds is 1. The molecule has 0 saturated carbocycles. The van der Waals surface area contributed by atoms with Gasteiger partial charge in [0.15, 0.2) is 0 Å². The van der Waals surface area contributed by atoms with Crippen LogP contribution in [0.1, 0.15) is 26.7 Å². The highest BCUT2D eigenvalue weighted by atomic mass is 15.2. The SMILES string of the molecule is CN=CN1CCCC(C)(C)C1. The lowest BCUT2D eigenvalue weighted by Gasteiger charge is -2.36. The maximum Gasteiger partial charge on any atom is 0.0846 e. The van der Waals surface area contributed by atoms with Gasteiger partial charge in [0, 0.05) is 20.1 Å². The van der Waals surface area contributed by atoms with Crippen molar-refractivity contribution in [3.63, 3.8) is 0 Å². The van der Waals surface area contributed by atoms with Gasteiger partial charge < -0.3 is 4.90 Å². The fraction of sp³-hybridized carbons (Fsp3) is 0.889. The first-order valence-corrected chi connectivity index (χ1v) is 4.30. The zero-order valence-corrected chi connectivity index (χ0v) is 7.80. The molecule has 0 radical (unpaired) electrons. The summed E-state index contributed by atoms with van der Waals surface area (Å²) in [6.45, 7) is 6.98. The smallest absolute Gasteiger partial charge is 0.0846 e. The van der Waals surface area contributed by atoms with Crippen molar-refractivity contribution >= 4 is 6.34 Å². The van der Waals surface area contributed by atoms with Crippen LogP contribution in [0.2, 0.25) is 0 Å². The average Bonchev–Trinajstić information content (AvgIpc) is 1.85. The average molecular weight is 154 g/mol. The molecule has 0 unspecified atom stereocenters. The minimum absolute atomic E-state index is 0.486. The minimum atomic E-state index is 0.486. The summed E-state index contributed by atoms with van der Waals surface area (Å²) in [6.07, 6.45) is 4.61. The molecule has 0 aromatic heterocycles. The second kappa shape index (κ2) is 3.24. The molecule has 0 aromatic rings. The van der Waals surface area contributed by atoms with Crippen molar-refractivity contribution in [2.75, 3.05) is 20.1 Å². The molecule has 1 aliphatic rings. The zero-order valence-electron chi connectivity index (χ0n) is 7.80. The topological polar surface area (TPSA) is 15.6 Å². The highest BCUT2D eigenvalue weighted by Crippen LogP contribution is 2.27. The van der Waals surface area contributed by atoms with Gasteiger partial charge in [0.05, 0.1) is 6.34 Å². The molecule has 0 N–H and O–H groups in total. The molecule has 0 aliphatic carbocycles. The maximum atomic E-state index is 4.03. The molecule has 11 heavy (non-hydrogen) atoms. The van der Waals surface area contributed by atoms with Gasteiger partial charge in [-0.25, -0.2) is 0 Å². The van der Waals surface area contributed by atoms with Crippen LogP contribution in [0, 0.1) is 5.41 Å². The molecule has 2 heteroatoms. The Labute approximate surface area is 69.3 Å². The van der Waals surface area contributed by atoms with E-state index in [9.17, 15) is 0 Å². The molecule has 2 nitrogen and oxygen atoms in total. The van der Waals surface area contributed by atoms with Crippen molar-refractivity contribution in [1.82, 2.24) is 4.90 Å². The van der Waals surface area contributed by atoms with Crippen LogP contribution in [-0.2, 0) is 0 Å². The third kappa shape index (κ3) is 2.52. The first kappa shape index (κ1) is 8.57. The lowest BCUT2D eigenvalue weighted by atomic mass is 9.84. The van der Waals surface area contributed by atoms with Crippen molar-refractivity contribution in [3.8, 4) is 0 Å². The van der Waals surface area contributed by atoms with E-state index in [4.69, 9.17) is 0 Å². The molecular formula is C9H18N2. The fourth-order valence-electron chi connectivity index (χ4n) is 1.73. The Kier molecular flexibility index (Phi) is 2.53. The summed E-state index contributed by atoms with van der Waals surface area (Å²) >= 11 is 0. The summed E-state index contributed by atoms with van der Waals surface area (Å²) in [5.41, 5.74) is 0.486. The number of nitrogens with zero attached hydrogens (tertiary/aromatic N) is 2. The number of likely N-dealkylation sites (tertiary alicyclic amines) is 1. The molecule has 0 amide bonds. The predicted octanol–water partition coefficient (Wildman–Crippen LogP) is 1.77. The Morgan fingerprint density at radius 1 is 1.45 bits per heavy atom. The first-order chi connectivity index (χ1) is 5.14. The largest absolute Gasteiger partial charge is 0.362 e. The molecule has 1 rings (SSSR count). The van der Waals surface area contributed by atoms with Crippen molar-refractivity contribution < 1.29 is 0 Å². The highest BCUT2D eigenvalue weighted by Gasteiger charge is 2.24. The van der Waals surface area contributed by atoms with Gasteiger partial charge in [0.25, 0.3) is 0 Å². The van der Waals surface area contributed by atoms with Crippen molar-refractivity contribution in [2.45, 2.75) is 26.7 Å². The summed E-state index contributed by atoms with van der Waals surface area (Å²) in [5, 5.41) is 0. The van der Waals surface area contributed by atoms with Crippen LogP contribution in [0.5, 0.6) is 0 Å². The molecule has 1 heterocycles. The van der Waals surface area contributed by atoms with Crippen molar-refractivity contribution in [1.29, 1.82) is 0 Å². The Bertz CT molecular complexity index is 150. The molecule has 1 fully saturated rings. The second-order valence-electron chi connectivity index (χ2n) is 4.11. The molecule has 1 aliphatic heterocycles. The predicted molar refractivity (Wildman–Crippen MR) is 49.0 cm³/mol. The van der Waals surface area contributed by atoms with Gasteiger partial charge >= 0.3 is 0 Å². The second-order valence-corrected chi connectivity index (χ2v) is 4.11. The summed E-state index contributed by atoms with van der Waals surface area (Å²) in [5.74, 6) is 0. The molecule has 64 valence electrons. The highest BCUT2D eigenvalue weighted by molar-refractivity contribution is 5.54. The lowest BCUT2D eigenvalue weighted by Crippen LogP contribution is -2.39. The van der Waals surface area contributed by atoms with Gasteiger partial charge in [-0.05, 0) is 18.3 Å². The van der Waals surface area contributed by atoms with E-state index in [0.29, 0.717) is 5.41 Å². The monoisotopic (exact) mass is 154 g/mol. The van der Waals surface area contributed by atoms with Crippen LogP contribution >= 0.6 is 0 Å². The Morgan fingerprint density at radius 3 is 2.73 bits per heavy atom. The minimum Gasteiger partial charge on any atom is -0.362 e. The van der Waals surface area contributed by atoms with E-state index in [1.165, 1.54) is 19.4 Å². The van der Waals surface area contributed by atoms with E-state index >= 15 is 0 Å². The van der Waals surface area contributed by atoms with Crippen molar-refractivity contribution in [2.24, 2.45) is 10.4 Å². The zero-order chi connectivity index (χ0) is 8.32. The normalized spacial score (nSPS) is 24.5. The van der Waals surface area contributed by atoms with E-state index in [0.717, 1.165) is 6.54 Å². The quantitative estimate of drug-likeness (QED) is 0.415. The number of hydrogen-bond donors (Lipinski definition) is 0. The Morgan fingerprint density at radius 2 is 2.18 bits per heavy atom. The van der Waals surface area contributed by atoms with Gasteiger partial charge in [-0.1, -0.05) is 13.8 Å². The van der Waals surface area contributed by atoms with Crippen LogP contribution in [0.3, 0.4) is 0 Å². The van der Waals surface area contributed by atoms with Crippen LogP contribution in [0.25, 0.3) is 0 Å². The number of aliphatic imine (C=N–C) groups is 1. The van der Waals surface area contributed by atoms with E-state index in [1.807, 2.05) is 13.4 Å². The molecule has 0 spiro atoms. The van der Waals surface area contributed by atoms with Gasteiger partial charge in [-0.2, -0.15) is 0 Å². The molecule has 0 aromatic carbocycles. The Hall–Kier alpha value is -0.530. The summed E-state index contributed by atoms with van der Waals surface area (Å²) in [4.78, 5) is 6.33. The van der Waals surface area contributed by atoms with Gasteiger partial charge in [0.1, 0.15) is 0 Å². The molecule has 1 saturated heterocycles. The third-order valence-corrected chi connectivity index (χ3v) is 2.21. The van der Waals surface area contributed by atoms with Gasteiger partial charge in [0.2, 0.25) is 0 Å². The lowest BCUT2D eigenvalue weighted by molar-refractivity contribution is 0.183. The van der Waals surface area contributed by atoms with E-state index in [2.05, 4.69) is 23.7 Å². The van der Waals surface area contributed by atoms with Crippen LogP contribution in [0.4, 0.5) is 0 Å². The van der Waals surface area contributed by atoms with Crippen LogP contribution < -0.4 is 0 Å². The van der Waals surface area contributed by atoms with Crippen LogP contribution in [-0.4, -0.2) is 31.4 Å². The van der Waals surface area contributed by atoms with Crippen molar-refractivity contribution in [3.05, 3.63) is 0 Å². The number of piperidine rings is 1. The van der Waals surface area contributed by atoms with E-state index in [1.54, 1.807) is 0 Å². The van der Waals surface area contributed by atoms with Gasteiger partial charge in [-0.3, -0.25) is 4.99 Å². The maximum absolute atomic E-state index is 4.03. The summed E-state index contributed by atoms with van der Waals surface area (Å²) in [7, 11) is 1.83.